The van der Waals surface area contributed by atoms with Gasteiger partial charge in [-0.1, -0.05) is 20.8 Å². The predicted molar refractivity (Wildman–Crippen MR) is 74.8 cm³/mol. The lowest BCUT2D eigenvalue weighted by molar-refractivity contribution is -0.127. The monoisotopic (exact) mass is 291 g/mol. The molecule has 3 nitrogen and oxygen atoms in total. The number of alkyl halides is 2. The zero-order valence-electron chi connectivity index (χ0n) is 12.7. The van der Waals surface area contributed by atoms with Crippen LogP contribution in [0.2, 0.25) is 0 Å². The van der Waals surface area contributed by atoms with Crippen molar-refractivity contribution in [3.63, 3.8) is 0 Å². The van der Waals surface area contributed by atoms with Gasteiger partial charge in [0.15, 0.2) is 0 Å². The third kappa shape index (κ3) is 5.44. The Balaban J connectivity index is 2.64. The van der Waals surface area contributed by atoms with Crippen molar-refractivity contribution < 1.29 is 18.7 Å². The Kier molecular flexibility index (Phi) is 6.52. The summed E-state index contributed by atoms with van der Waals surface area (Å²) in [4.78, 5) is 13.5. The molecule has 0 aromatic heterocycles. The second-order valence-electron chi connectivity index (χ2n) is 6.87. The van der Waals surface area contributed by atoms with Gasteiger partial charge in [0.2, 0.25) is 0 Å². The van der Waals surface area contributed by atoms with Crippen LogP contribution in [0.3, 0.4) is 0 Å². The lowest BCUT2D eigenvalue weighted by atomic mass is 9.68. The van der Waals surface area contributed by atoms with Gasteiger partial charge in [-0.3, -0.25) is 9.69 Å². The molecule has 1 rings (SSSR count). The van der Waals surface area contributed by atoms with Crippen LogP contribution in [-0.2, 0) is 4.79 Å². The fourth-order valence-electron chi connectivity index (χ4n) is 2.98. The molecule has 1 aliphatic rings. The molecule has 0 amide bonds. The number of hydrogen-bond donors (Lipinski definition) is 1. The molecular formula is C15H27F2NO2. The van der Waals surface area contributed by atoms with E-state index in [1.807, 2.05) is 0 Å². The maximum Gasteiger partial charge on any atom is 0.251 e. The Morgan fingerprint density at radius 3 is 2.55 bits per heavy atom. The van der Waals surface area contributed by atoms with Gasteiger partial charge in [-0.2, -0.15) is 0 Å². The molecule has 0 bridgehead atoms. The van der Waals surface area contributed by atoms with Gasteiger partial charge in [0, 0.05) is 25.4 Å². The molecule has 118 valence electrons. The zero-order valence-corrected chi connectivity index (χ0v) is 12.7. The second kappa shape index (κ2) is 7.46. The lowest BCUT2D eigenvalue weighted by Crippen LogP contribution is -2.41. The highest BCUT2D eigenvalue weighted by Crippen LogP contribution is 2.39. The van der Waals surface area contributed by atoms with E-state index in [1.54, 1.807) is 0 Å². The third-order valence-electron chi connectivity index (χ3n) is 4.28. The van der Waals surface area contributed by atoms with Crippen molar-refractivity contribution in [1.82, 2.24) is 4.90 Å². The van der Waals surface area contributed by atoms with Crippen molar-refractivity contribution in [2.24, 2.45) is 17.3 Å². The first-order valence-corrected chi connectivity index (χ1v) is 7.38. The first kappa shape index (κ1) is 17.5. The molecule has 0 radical (unpaired) electrons. The van der Waals surface area contributed by atoms with E-state index in [2.05, 4.69) is 20.8 Å². The van der Waals surface area contributed by atoms with Crippen molar-refractivity contribution in [1.29, 1.82) is 0 Å². The standard InChI is InChI=1S/C15H27F2NO2/c1-15(2,3)12-4-5-13(20)11(8-12)9-18(6-7-19)10-14(16)17/h11-12,14,19H,4-10H2,1-3H3. The summed E-state index contributed by atoms with van der Waals surface area (Å²) in [5.41, 5.74) is 0.142. The molecule has 1 aliphatic carbocycles. The van der Waals surface area contributed by atoms with Crippen molar-refractivity contribution in [3.05, 3.63) is 0 Å². The van der Waals surface area contributed by atoms with Crippen molar-refractivity contribution in [2.45, 2.75) is 46.5 Å². The van der Waals surface area contributed by atoms with Gasteiger partial charge < -0.3 is 5.11 Å². The van der Waals surface area contributed by atoms with Crippen LogP contribution in [-0.4, -0.2) is 48.5 Å². The van der Waals surface area contributed by atoms with E-state index in [9.17, 15) is 13.6 Å². The van der Waals surface area contributed by atoms with Crippen LogP contribution < -0.4 is 0 Å². The van der Waals surface area contributed by atoms with Crippen LogP contribution in [0.15, 0.2) is 0 Å². The smallest absolute Gasteiger partial charge is 0.251 e. The summed E-state index contributed by atoms with van der Waals surface area (Å²) in [5, 5.41) is 8.95. The SMILES string of the molecule is CC(C)(C)C1CCC(=O)C(CN(CCO)CC(F)F)C1. The molecule has 20 heavy (non-hydrogen) atoms. The number of halogens is 2. The number of nitrogens with zero attached hydrogens (tertiary/aromatic N) is 1. The molecule has 1 N–H and O–H groups in total. The number of aliphatic hydroxyl groups is 1. The fraction of sp³-hybridized carbons (Fsp3) is 0.933. The Morgan fingerprint density at radius 2 is 2.05 bits per heavy atom. The largest absolute Gasteiger partial charge is 0.395 e. The summed E-state index contributed by atoms with van der Waals surface area (Å²) in [7, 11) is 0. The molecule has 0 heterocycles. The summed E-state index contributed by atoms with van der Waals surface area (Å²) in [6.07, 6.45) is -0.214. The van der Waals surface area contributed by atoms with Crippen LogP contribution in [0.4, 0.5) is 8.78 Å². The summed E-state index contributed by atoms with van der Waals surface area (Å²) in [5.74, 6) is 0.466. The van der Waals surface area contributed by atoms with Gasteiger partial charge >= 0.3 is 0 Å². The van der Waals surface area contributed by atoms with E-state index in [1.165, 1.54) is 4.90 Å². The topological polar surface area (TPSA) is 40.5 Å². The molecule has 0 aromatic carbocycles. The van der Waals surface area contributed by atoms with Gasteiger partial charge in [0.1, 0.15) is 5.78 Å². The molecule has 1 saturated carbocycles. The number of Topliss-reactive ketones (excluding diaryl/α,β-unsaturated/α-hetero) is 1. The maximum atomic E-state index is 12.5. The van der Waals surface area contributed by atoms with E-state index in [0.717, 1.165) is 12.8 Å². The van der Waals surface area contributed by atoms with E-state index >= 15 is 0 Å². The van der Waals surface area contributed by atoms with Crippen molar-refractivity contribution in [2.75, 3.05) is 26.2 Å². The van der Waals surface area contributed by atoms with Gasteiger partial charge in [-0.05, 0) is 24.2 Å². The molecular weight excluding hydrogens is 264 g/mol. The summed E-state index contributed by atoms with van der Waals surface area (Å²) >= 11 is 0. The van der Waals surface area contributed by atoms with Crippen LogP contribution >= 0.6 is 0 Å². The van der Waals surface area contributed by atoms with Gasteiger partial charge in [-0.25, -0.2) is 8.78 Å². The number of aliphatic hydroxyl groups excluding tert-OH is 1. The Hall–Kier alpha value is -0.550. The number of hydrogen-bond acceptors (Lipinski definition) is 3. The minimum Gasteiger partial charge on any atom is -0.395 e. The normalized spacial score (nSPS) is 24.7. The number of carbonyl (C=O) groups is 1. The van der Waals surface area contributed by atoms with E-state index in [4.69, 9.17) is 5.11 Å². The highest BCUT2D eigenvalue weighted by atomic mass is 19.3. The van der Waals surface area contributed by atoms with E-state index in [0.29, 0.717) is 18.9 Å². The summed E-state index contributed by atoms with van der Waals surface area (Å²) < 4.78 is 25.0. The first-order valence-electron chi connectivity index (χ1n) is 7.38. The second-order valence-corrected chi connectivity index (χ2v) is 6.87. The van der Waals surface area contributed by atoms with E-state index < -0.39 is 6.43 Å². The quantitative estimate of drug-likeness (QED) is 0.817. The third-order valence-corrected chi connectivity index (χ3v) is 4.28. The number of rotatable bonds is 6. The predicted octanol–water partition coefficient (Wildman–Crippen LogP) is 2.58. The van der Waals surface area contributed by atoms with E-state index in [-0.39, 0.29) is 36.8 Å². The minimum absolute atomic E-state index is 0.142. The highest BCUT2D eigenvalue weighted by molar-refractivity contribution is 5.82. The van der Waals surface area contributed by atoms with Crippen LogP contribution in [0.5, 0.6) is 0 Å². The van der Waals surface area contributed by atoms with Gasteiger partial charge in [0.25, 0.3) is 6.43 Å². The molecule has 2 unspecified atom stereocenters. The highest BCUT2D eigenvalue weighted by Gasteiger charge is 2.35. The Morgan fingerprint density at radius 1 is 1.40 bits per heavy atom. The molecule has 0 aliphatic heterocycles. The minimum atomic E-state index is -2.43. The Bertz CT molecular complexity index is 315. The first-order chi connectivity index (χ1) is 9.24. The van der Waals surface area contributed by atoms with Crippen molar-refractivity contribution in [3.8, 4) is 0 Å². The van der Waals surface area contributed by atoms with Crippen LogP contribution in [0.25, 0.3) is 0 Å². The molecule has 1 fully saturated rings. The summed E-state index contributed by atoms with van der Waals surface area (Å²) in [6.45, 7) is 6.50. The van der Waals surface area contributed by atoms with Gasteiger partial charge in [-0.15, -0.1) is 0 Å². The zero-order chi connectivity index (χ0) is 15.3. The lowest BCUT2D eigenvalue weighted by Gasteiger charge is -2.38. The summed E-state index contributed by atoms with van der Waals surface area (Å²) in [6, 6.07) is 0. The molecule has 0 saturated heterocycles. The fourth-order valence-corrected chi connectivity index (χ4v) is 2.98. The van der Waals surface area contributed by atoms with Crippen LogP contribution in [0, 0.1) is 17.3 Å². The molecule has 2 atom stereocenters. The molecule has 0 spiro atoms. The van der Waals surface area contributed by atoms with Gasteiger partial charge in [0.05, 0.1) is 13.2 Å². The number of carbonyl (C=O) groups excluding carboxylic acids is 1. The van der Waals surface area contributed by atoms with Crippen LogP contribution in [0.1, 0.15) is 40.0 Å². The molecule has 0 aromatic rings. The average Bonchev–Trinajstić information content (AvgIpc) is 2.30. The maximum absolute atomic E-state index is 12.5. The van der Waals surface area contributed by atoms with Crippen molar-refractivity contribution >= 4 is 5.78 Å². The average molecular weight is 291 g/mol. The molecule has 5 heteroatoms. The number of ketones is 1. The Labute approximate surface area is 120 Å².